The highest BCUT2D eigenvalue weighted by Crippen LogP contribution is 2.39. The maximum absolute atomic E-state index is 6.20. The van der Waals surface area contributed by atoms with Gasteiger partial charge in [-0.3, -0.25) is 0 Å². The van der Waals surface area contributed by atoms with Gasteiger partial charge in [0.15, 0.2) is 0 Å². The summed E-state index contributed by atoms with van der Waals surface area (Å²) < 4.78 is 5.97. The molecule has 1 unspecified atom stereocenters. The van der Waals surface area contributed by atoms with Crippen molar-refractivity contribution in [3.8, 4) is 5.88 Å². The van der Waals surface area contributed by atoms with E-state index >= 15 is 0 Å². The number of likely N-dealkylation sites (N-methyl/N-ethyl adjacent to an activating group) is 1. The van der Waals surface area contributed by atoms with Gasteiger partial charge in [0, 0.05) is 17.5 Å². The SMILES string of the molecule is Cc1c(Cl)nc(C2CC2)nc1OCC1CCCCN1C. The van der Waals surface area contributed by atoms with E-state index in [0.717, 1.165) is 17.9 Å². The zero-order valence-corrected chi connectivity index (χ0v) is 13.0. The van der Waals surface area contributed by atoms with Crippen molar-refractivity contribution in [3.63, 3.8) is 0 Å². The number of aromatic nitrogens is 2. The van der Waals surface area contributed by atoms with Gasteiger partial charge in [0.2, 0.25) is 5.88 Å². The molecule has 20 heavy (non-hydrogen) atoms. The molecule has 1 aliphatic heterocycles. The van der Waals surface area contributed by atoms with Crippen LogP contribution in [0.3, 0.4) is 0 Å². The van der Waals surface area contributed by atoms with Gasteiger partial charge >= 0.3 is 0 Å². The summed E-state index contributed by atoms with van der Waals surface area (Å²) in [7, 11) is 2.17. The Hall–Kier alpha value is -0.870. The van der Waals surface area contributed by atoms with E-state index in [9.17, 15) is 0 Å². The van der Waals surface area contributed by atoms with Crippen molar-refractivity contribution in [3.05, 3.63) is 16.5 Å². The van der Waals surface area contributed by atoms with Crippen LogP contribution in [0.2, 0.25) is 5.15 Å². The number of rotatable bonds is 4. The van der Waals surface area contributed by atoms with E-state index in [4.69, 9.17) is 16.3 Å². The number of likely N-dealkylation sites (tertiary alicyclic amines) is 1. The standard InChI is InChI=1S/C15H22ClN3O/c1-10-13(16)17-14(11-6-7-11)18-15(10)20-9-12-5-3-4-8-19(12)2/h11-12H,3-9H2,1-2H3. The Morgan fingerprint density at radius 3 is 2.75 bits per heavy atom. The summed E-state index contributed by atoms with van der Waals surface area (Å²) in [5.41, 5.74) is 0.856. The Morgan fingerprint density at radius 2 is 2.05 bits per heavy atom. The quantitative estimate of drug-likeness (QED) is 0.800. The van der Waals surface area contributed by atoms with E-state index in [1.165, 1.54) is 32.1 Å². The fourth-order valence-corrected chi connectivity index (χ4v) is 2.85. The fraction of sp³-hybridized carbons (Fsp3) is 0.733. The van der Waals surface area contributed by atoms with Crippen LogP contribution >= 0.6 is 11.6 Å². The van der Waals surface area contributed by atoms with E-state index in [1.54, 1.807) is 0 Å². The van der Waals surface area contributed by atoms with Crippen molar-refractivity contribution in [1.29, 1.82) is 0 Å². The minimum atomic E-state index is 0.487. The van der Waals surface area contributed by atoms with Gasteiger partial charge in [0.25, 0.3) is 0 Å². The van der Waals surface area contributed by atoms with Crippen LogP contribution in [0.15, 0.2) is 0 Å². The lowest BCUT2D eigenvalue weighted by atomic mass is 10.0. The van der Waals surface area contributed by atoms with Gasteiger partial charge in [0.05, 0.1) is 0 Å². The van der Waals surface area contributed by atoms with Crippen LogP contribution in [0, 0.1) is 6.92 Å². The monoisotopic (exact) mass is 295 g/mol. The summed E-state index contributed by atoms with van der Waals surface area (Å²) in [4.78, 5) is 11.3. The highest BCUT2D eigenvalue weighted by molar-refractivity contribution is 6.30. The lowest BCUT2D eigenvalue weighted by Gasteiger charge is -2.32. The summed E-state index contributed by atoms with van der Waals surface area (Å²) in [6.45, 7) is 3.78. The minimum absolute atomic E-state index is 0.487. The van der Waals surface area contributed by atoms with Crippen LogP contribution in [-0.4, -0.2) is 41.1 Å². The molecule has 2 aliphatic rings. The average Bonchev–Trinajstić information content (AvgIpc) is 3.26. The summed E-state index contributed by atoms with van der Waals surface area (Å²) in [5.74, 6) is 2.02. The maximum atomic E-state index is 6.20. The Labute approximate surface area is 125 Å². The second-order valence-corrected chi connectivity index (χ2v) is 6.38. The number of piperidine rings is 1. The fourth-order valence-electron chi connectivity index (χ4n) is 2.68. The predicted molar refractivity (Wildman–Crippen MR) is 79.5 cm³/mol. The molecule has 0 amide bonds. The number of hydrogen-bond acceptors (Lipinski definition) is 4. The third-order valence-corrected chi connectivity index (χ3v) is 4.70. The van der Waals surface area contributed by atoms with E-state index in [0.29, 0.717) is 29.6 Å². The Kier molecular flexibility index (Phi) is 4.13. The molecular formula is C15H22ClN3O. The van der Waals surface area contributed by atoms with Crippen molar-refractivity contribution < 1.29 is 4.74 Å². The number of hydrogen-bond donors (Lipinski definition) is 0. The van der Waals surface area contributed by atoms with Crippen LogP contribution in [-0.2, 0) is 0 Å². The third-order valence-electron chi connectivity index (χ3n) is 4.34. The van der Waals surface area contributed by atoms with Gasteiger partial charge in [-0.1, -0.05) is 18.0 Å². The smallest absolute Gasteiger partial charge is 0.221 e. The van der Waals surface area contributed by atoms with Crippen LogP contribution in [0.25, 0.3) is 0 Å². The molecule has 110 valence electrons. The van der Waals surface area contributed by atoms with Crippen molar-refractivity contribution in [1.82, 2.24) is 14.9 Å². The molecule has 2 heterocycles. The van der Waals surface area contributed by atoms with Gasteiger partial charge in [-0.05, 0) is 46.2 Å². The van der Waals surface area contributed by atoms with E-state index in [2.05, 4.69) is 21.9 Å². The first-order valence-corrected chi connectivity index (χ1v) is 7.90. The van der Waals surface area contributed by atoms with Crippen LogP contribution in [0.4, 0.5) is 0 Å². The van der Waals surface area contributed by atoms with Crippen molar-refractivity contribution >= 4 is 11.6 Å². The molecule has 1 saturated heterocycles. The molecule has 1 aromatic heterocycles. The highest BCUT2D eigenvalue weighted by Gasteiger charge is 2.28. The van der Waals surface area contributed by atoms with Gasteiger partial charge in [0.1, 0.15) is 17.6 Å². The van der Waals surface area contributed by atoms with Crippen LogP contribution in [0.5, 0.6) is 5.88 Å². The first-order chi connectivity index (χ1) is 9.65. The maximum Gasteiger partial charge on any atom is 0.221 e. The van der Waals surface area contributed by atoms with Crippen molar-refractivity contribution in [2.75, 3.05) is 20.2 Å². The summed E-state index contributed by atoms with van der Waals surface area (Å²) in [5, 5.41) is 0.536. The molecule has 0 spiro atoms. The second-order valence-electron chi connectivity index (χ2n) is 6.02. The van der Waals surface area contributed by atoms with E-state index in [-0.39, 0.29) is 0 Å². The molecule has 0 N–H and O–H groups in total. The summed E-state index contributed by atoms with van der Waals surface area (Å²) >= 11 is 6.20. The van der Waals surface area contributed by atoms with Gasteiger partial charge in [-0.25, -0.2) is 4.98 Å². The highest BCUT2D eigenvalue weighted by atomic mass is 35.5. The molecule has 1 saturated carbocycles. The molecule has 2 fully saturated rings. The molecule has 1 aromatic rings. The molecule has 0 radical (unpaired) electrons. The van der Waals surface area contributed by atoms with E-state index < -0.39 is 0 Å². The number of nitrogens with zero attached hydrogens (tertiary/aromatic N) is 3. The third kappa shape index (κ3) is 3.07. The van der Waals surface area contributed by atoms with Crippen LogP contribution < -0.4 is 4.74 Å². The van der Waals surface area contributed by atoms with Crippen molar-refractivity contribution in [2.24, 2.45) is 0 Å². The normalized spacial score (nSPS) is 23.9. The molecule has 4 nitrogen and oxygen atoms in total. The summed E-state index contributed by atoms with van der Waals surface area (Å²) in [6.07, 6.45) is 6.12. The lowest BCUT2D eigenvalue weighted by Crippen LogP contribution is -2.40. The first kappa shape index (κ1) is 14.1. The van der Waals surface area contributed by atoms with Crippen LogP contribution in [0.1, 0.15) is 49.4 Å². The molecule has 0 bridgehead atoms. The minimum Gasteiger partial charge on any atom is -0.476 e. The molecule has 3 rings (SSSR count). The van der Waals surface area contributed by atoms with Crippen molar-refractivity contribution in [2.45, 2.75) is 51.0 Å². The summed E-state index contributed by atoms with van der Waals surface area (Å²) in [6, 6.07) is 0.487. The van der Waals surface area contributed by atoms with Gasteiger partial charge < -0.3 is 9.64 Å². The Bertz CT molecular complexity index is 490. The zero-order valence-electron chi connectivity index (χ0n) is 12.2. The Morgan fingerprint density at radius 1 is 1.25 bits per heavy atom. The lowest BCUT2D eigenvalue weighted by molar-refractivity contribution is 0.122. The second kappa shape index (κ2) is 5.86. The zero-order chi connectivity index (χ0) is 14.1. The first-order valence-electron chi connectivity index (χ1n) is 7.52. The van der Waals surface area contributed by atoms with E-state index in [1.807, 2.05) is 6.92 Å². The topological polar surface area (TPSA) is 38.3 Å². The molecule has 0 aromatic carbocycles. The van der Waals surface area contributed by atoms with Gasteiger partial charge in [-0.15, -0.1) is 0 Å². The number of ether oxygens (including phenoxy) is 1. The molecular weight excluding hydrogens is 274 g/mol. The number of halogens is 1. The molecule has 1 aliphatic carbocycles. The Balaban J connectivity index is 1.69. The largest absolute Gasteiger partial charge is 0.476 e. The molecule has 5 heteroatoms. The molecule has 1 atom stereocenters. The average molecular weight is 296 g/mol. The predicted octanol–water partition coefficient (Wildman–Crippen LogP) is 3.18. The van der Waals surface area contributed by atoms with Gasteiger partial charge in [-0.2, -0.15) is 4.98 Å².